The van der Waals surface area contributed by atoms with E-state index in [-0.39, 0.29) is 17.9 Å². The van der Waals surface area contributed by atoms with Crippen molar-refractivity contribution in [2.24, 2.45) is 5.92 Å². The lowest BCUT2D eigenvalue weighted by molar-refractivity contribution is -0.120. The molecule has 0 bridgehead atoms. The van der Waals surface area contributed by atoms with E-state index in [1.165, 1.54) is 6.92 Å². The minimum Gasteiger partial charge on any atom is -0.354 e. The normalized spacial score (nSPS) is 30.0. The van der Waals surface area contributed by atoms with Crippen LogP contribution in [0, 0.1) is 17.2 Å². The van der Waals surface area contributed by atoms with Crippen LogP contribution < -0.4 is 5.32 Å². The molecule has 1 saturated carbocycles. The zero-order chi connectivity index (χ0) is 7.56. The van der Waals surface area contributed by atoms with E-state index in [0.717, 1.165) is 12.8 Å². The highest BCUT2D eigenvalue weighted by atomic mass is 16.1. The summed E-state index contributed by atoms with van der Waals surface area (Å²) in [5.41, 5.74) is 0. The molecule has 10 heavy (non-hydrogen) atoms. The molecule has 54 valence electrons. The Labute approximate surface area is 60.0 Å². The highest BCUT2D eigenvalue weighted by Gasteiger charge is 2.28. The minimum atomic E-state index is 0.00129. The summed E-state index contributed by atoms with van der Waals surface area (Å²) >= 11 is 0. The largest absolute Gasteiger partial charge is 0.354 e. The van der Waals surface area contributed by atoms with E-state index >= 15 is 0 Å². The molecule has 1 amide bonds. The Bertz CT molecular complexity index is 177. The van der Waals surface area contributed by atoms with Gasteiger partial charge in [0.05, 0.1) is 12.0 Å². The van der Waals surface area contributed by atoms with Crippen molar-refractivity contribution in [3.63, 3.8) is 0 Å². The number of nitrogens with one attached hydrogen (secondary N) is 1. The highest BCUT2D eigenvalue weighted by molar-refractivity contribution is 5.73. The van der Waals surface area contributed by atoms with E-state index in [4.69, 9.17) is 5.26 Å². The standard InChI is InChI=1S/C7H10N2O/c1-5(10)9-7-2-6(3-7)4-8/h6-7H,2-3H2,1H3,(H,9,10)/t6-,7+. The van der Waals surface area contributed by atoms with E-state index in [9.17, 15) is 4.79 Å². The molecule has 3 heteroatoms. The van der Waals surface area contributed by atoms with Crippen LogP contribution >= 0.6 is 0 Å². The molecule has 1 rings (SSSR count). The first kappa shape index (κ1) is 7.07. The van der Waals surface area contributed by atoms with Gasteiger partial charge in [-0.25, -0.2) is 0 Å². The van der Waals surface area contributed by atoms with Crippen molar-refractivity contribution in [3.8, 4) is 6.07 Å². The maximum Gasteiger partial charge on any atom is 0.217 e. The van der Waals surface area contributed by atoms with Crippen LogP contribution in [-0.2, 0) is 4.79 Å². The van der Waals surface area contributed by atoms with Crippen molar-refractivity contribution in [2.45, 2.75) is 25.8 Å². The van der Waals surface area contributed by atoms with Crippen LogP contribution in [0.25, 0.3) is 0 Å². The Hall–Kier alpha value is -1.04. The molecule has 1 fully saturated rings. The van der Waals surface area contributed by atoms with Gasteiger partial charge in [-0.2, -0.15) is 5.26 Å². The maximum atomic E-state index is 10.4. The third kappa shape index (κ3) is 1.47. The molecule has 1 N–H and O–H groups in total. The minimum absolute atomic E-state index is 0.00129. The number of rotatable bonds is 1. The Kier molecular flexibility index (Phi) is 1.91. The van der Waals surface area contributed by atoms with Crippen molar-refractivity contribution < 1.29 is 4.79 Å². The van der Waals surface area contributed by atoms with Crippen LogP contribution in [-0.4, -0.2) is 11.9 Å². The van der Waals surface area contributed by atoms with Crippen LogP contribution in [0.15, 0.2) is 0 Å². The molecule has 0 radical (unpaired) electrons. The molecule has 0 aliphatic heterocycles. The van der Waals surface area contributed by atoms with E-state index in [1.54, 1.807) is 0 Å². The van der Waals surface area contributed by atoms with E-state index in [0.29, 0.717) is 0 Å². The van der Waals surface area contributed by atoms with Gasteiger partial charge in [-0.3, -0.25) is 4.79 Å². The molecular weight excluding hydrogens is 128 g/mol. The van der Waals surface area contributed by atoms with Crippen LogP contribution in [0.5, 0.6) is 0 Å². The summed E-state index contributed by atoms with van der Waals surface area (Å²) in [4.78, 5) is 10.4. The average Bonchev–Trinajstić information content (AvgIpc) is 1.76. The summed E-state index contributed by atoms with van der Waals surface area (Å²) in [5.74, 6) is 0.179. The van der Waals surface area contributed by atoms with Gasteiger partial charge in [0.2, 0.25) is 5.91 Å². The third-order valence-electron chi connectivity index (χ3n) is 1.73. The van der Waals surface area contributed by atoms with Gasteiger partial charge < -0.3 is 5.32 Å². The van der Waals surface area contributed by atoms with Crippen molar-refractivity contribution in [1.29, 1.82) is 5.26 Å². The second kappa shape index (κ2) is 2.70. The number of nitriles is 1. The predicted octanol–water partition coefficient (Wildman–Crippen LogP) is 0.425. The number of nitrogens with zero attached hydrogens (tertiary/aromatic N) is 1. The molecule has 0 aromatic carbocycles. The van der Waals surface area contributed by atoms with Gasteiger partial charge in [-0.05, 0) is 12.8 Å². The smallest absolute Gasteiger partial charge is 0.217 e. The molecule has 1 aliphatic carbocycles. The fraction of sp³-hybridized carbons (Fsp3) is 0.714. The summed E-state index contributed by atoms with van der Waals surface area (Å²) in [6.07, 6.45) is 1.66. The molecule has 1 aliphatic rings. The highest BCUT2D eigenvalue weighted by Crippen LogP contribution is 2.25. The van der Waals surface area contributed by atoms with Crippen LogP contribution in [0.2, 0.25) is 0 Å². The van der Waals surface area contributed by atoms with Gasteiger partial charge in [0.1, 0.15) is 0 Å². The molecule has 0 aromatic rings. The van der Waals surface area contributed by atoms with Crippen molar-refractivity contribution in [3.05, 3.63) is 0 Å². The van der Waals surface area contributed by atoms with Gasteiger partial charge in [0.25, 0.3) is 0 Å². The summed E-state index contributed by atoms with van der Waals surface area (Å²) < 4.78 is 0. The summed E-state index contributed by atoms with van der Waals surface area (Å²) in [6, 6.07) is 2.42. The fourth-order valence-electron chi connectivity index (χ4n) is 1.13. The number of carbonyl (C=O) groups is 1. The molecule has 3 nitrogen and oxygen atoms in total. The Morgan fingerprint density at radius 1 is 1.70 bits per heavy atom. The van der Waals surface area contributed by atoms with Crippen LogP contribution in [0.4, 0.5) is 0 Å². The van der Waals surface area contributed by atoms with Gasteiger partial charge in [0, 0.05) is 13.0 Å². The van der Waals surface area contributed by atoms with E-state index < -0.39 is 0 Å². The summed E-state index contributed by atoms with van der Waals surface area (Å²) in [7, 11) is 0. The first-order valence-corrected chi connectivity index (χ1v) is 3.39. The maximum absolute atomic E-state index is 10.4. The number of hydrogen-bond acceptors (Lipinski definition) is 2. The SMILES string of the molecule is CC(=O)N[C@H]1C[C@@H](C#N)C1. The lowest BCUT2D eigenvalue weighted by Gasteiger charge is -2.30. The molecule has 0 spiro atoms. The zero-order valence-corrected chi connectivity index (χ0v) is 5.92. The fourth-order valence-corrected chi connectivity index (χ4v) is 1.13. The second-order valence-electron chi connectivity index (χ2n) is 2.69. The number of amides is 1. The molecule has 0 saturated heterocycles. The summed E-state index contributed by atoms with van der Waals surface area (Å²) in [5, 5.41) is 11.1. The van der Waals surface area contributed by atoms with Gasteiger partial charge in [-0.1, -0.05) is 0 Å². The lowest BCUT2D eigenvalue weighted by atomic mass is 9.81. The first-order chi connectivity index (χ1) is 4.72. The first-order valence-electron chi connectivity index (χ1n) is 3.39. The van der Waals surface area contributed by atoms with E-state index in [1.807, 2.05) is 0 Å². The van der Waals surface area contributed by atoms with Gasteiger partial charge in [-0.15, -0.1) is 0 Å². The monoisotopic (exact) mass is 138 g/mol. The topological polar surface area (TPSA) is 52.9 Å². The number of carbonyl (C=O) groups excluding carboxylic acids is 1. The molecule has 0 atom stereocenters. The zero-order valence-electron chi connectivity index (χ0n) is 5.92. The lowest BCUT2D eigenvalue weighted by Crippen LogP contribution is -2.42. The Morgan fingerprint density at radius 2 is 2.30 bits per heavy atom. The van der Waals surface area contributed by atoms with Crippen LogP contribution in [0.3, 0.4) is 0 Å². The van der Waals surface area contributed by atoms with Gasteiger partial charge >= 0.3 is 0 Å². The van der Waals surface area contributed by atoms with E-state index in [2.05, 4.69) is 11.4 Å². The third-order valence-corrected chi connectivity index (χ3v) is 1.73. The van der Waals surface area contributed by atoms with Crippen LogP contribution in [0.1, 0.15) is 19.8 Å². The van der Waals surface area contributed by atoms with Crippen molar-refractivity contribution >= 4 is 5.91 Å². The average molecular weight is 138 g/mol. The van der Waals surface area contributed by atoms with Gasteiger partial charge in [0.15, 0.2) is 0 Å². The molecule has 0 heterocycles. The Balaban J connectivity index is 2.16. The van der Waals surface area contributed by atoms with Crippen molar-refractivity contribution in [1.82, 2.24) is 5.32 Å². The second-order valence-corrected chi connectivity index (χ2v) is 2.69. The molecule has 0 aromatic heterocycles. The predicted molar refractivity (Wildman–Crippen MR) is 35.9 cm³/mol. The summed E-state index contributed by atoms with van der Waals surface area (Å²) in [6.45, 7) is 1.50. The number of hydrogen-bond donors (Lipinski definition) is 1. The quantitative estimate of drug-likeness (QED) is 0.571. The van der Waals surface area contributed by atoms with Crippen molar-refractivity contribution in [2.75, 3.05) is 0 Å². The molecular formula is C7H10N2O. The Morgan fingerprint density at radius 3 is 2.70 bits per heavy atom. The molecule has 0 unspecified atom stereocenters.